The molecule has 0 saturated heterocycles. The second-order valence-corrected chi connectivity index (χ2v) is 4.64. The quantitative estimate of drug-likeness (QED) is 0.568. The van der Waals surface area contributed by atoms with E-state index in [4.69, 9.17) is 4.74 Å². The summed E-state index contributed by atoms with van der Waals surface area (Å²) < 4.78 is 9.64. The minimum Gasteiger partial charge on any atom is -0.463 e. The van der Waals surface area contributed by atoms with E-state index in [2.05, 4.69) is 16.6 Å². The number of esters is 1. The molecule has 1 atom stereocenters. The first kappa shape index (κ1) is 16.4. The Hall–Kier alpha value is -1.56. The topological polar surface area (TPSA) is 84.9 Å². The summed E-state index contributed by atoms with van der Waals surface area (Å²) >= 11 is 0. The normalized spacial score (nSPS) is 12.5. The second kappa shape index (κ2) is 7.00. The van der Waals surface area contributed by atoms with E-state index in [1.54, 1.807) is 27.7 Å². The van der Waals surface area contributed by atoms with Crippen LogP contribution in [0.3, 0.4) is 0 Å². The molecule has 18 heavy (non-hydrogen) atoms. The van der Waals surface area contributed by atoms with Crippen molar-refractivity contribution in [3.05, 3.63) is 12.2 Å². The van der Waals surface area contributed by atoms with Crippen LogP contribution in [0.5, 0.6) is 0 Å². The average molecular weight is 259 g/mol. The van der Waals surface area contributed by atoms with Crippen molar-refractivity contribution in [3.8, 4) is 0 Å². The molecule has 0 aromatic heterocycles. The lowest BCUT2D eigenvalue weighted by molar-refractivity contribution is -0.139. The first-order valence-electron chi connectivity index (χ1n) is 5.68. The van der Waals surface area contributed by atoms with Crippen molar-refractivity contribution >= 4 is 12.1 Å². The molecule has 0 heterocycles. The van der Waals surface area contributed by atoms with E-state index in [1.165, 1.54) is 0 Å². The summed E-state index contributed by atoms with van der Waals surface area (Å²) in [6.07, 6.45) is -1.87. The Morgan fingerprint density at radius 2 is 1.94 bits per heavy atom. The zero-order valence-corrected chi connectivity index (χ0v) is 11.3. The van der Waals surface area contributed by atoms with Gasteiger partial charge in [0.25, 0.3) is 0 Å². The number of nitrogens with one attached hydrogen (secondary N) is 1. The molecule has 0 saturated carbocycles. The fourth-order valence-corrected chi connectivity index (χ4v) is 0.977. The van der Waals surface area contributed by atoms with E-state index in [0.29, 0.717) is 0 Å². The van der Waals surface area contributed by atoms with Gasteiger partial charge in [-0.2, -0.15) is 0 Å². The van der Waals surface area contributed by atoms with Gasteiger partial charge < -0.3 is 19.9 Å². The van der Waals surface area contributed by atoms with Gasteiger partial charge in [0.15, 0.2) is 0 Å². The highest BCUT2D eigenvalue weighted by atomic mass is 16.6. The molecule has 0 radical (unpaired) electrons. The van der Waals surface area contributed by atoms with Crippen LogP contribution < -0.4 is 5.32 Å². The Bertz CT molecular complexity index is 319. The number of amides is 1. The van der Waals surface area contributed by atoms with Crippen LogP contribution in [0.2, 0.25) is 0 Å². The maximum atomic E-state index is 11.3. The minimum absolute atomic E-state index is 0.104. The summed E-state index contributed by atoms with van der Waals surface area (Å²) in [5, 5.41) is 11.9. The van der Waals surface area contributed by atoms with Crippen LogP contribution in [0.4, 0.5) is 4.79 Å². The van der Waals surface area contributed by atoms with E-state index in [9.17, 15) is 14.7 Å². The molecule has 6 nitrogen and oxygen atoms in total. The highest BCUT2D eigenvalue weighted by Crippen LogP contribution is 2.07. The number of aliphatic hydroxyl groups excluding tert-OH is 1. The molecule has 104 valence electrons. The van der Waals surface area contributed by atoms with E-state index in [-0.39, 0.29) is 18.7 Å². The van der Waals surface area contributed by atoms with Gasteiger partial charge in [0.2, 0.25) is 0 Å². The van der Waals surface area contributed by atoms with Gasteiger partial charge in [0.1, 0.15) is 11.7 Å². The SMILES string of the molecule is C=C(C(=O)OCC)C(O)CNC(=O)OC(C)(C)C. The lowest BCUT2D eigenvalue weighted by atomic mass is 10.1. The fraction of sp³-hybridized carbons (Fsp3) is 0.667. The second-order valence-electron chi connectivity index (χ2n) is 4.64. The summed E-state index contributed by atoms with van der Waals surface area (Å²) in [6.45, 7) is 10.3. The van der Waals surface area contributed by atoms with Crippen LogP contribution in [-0.2, 0) is 14.3 Å². The minimum atomic E-state index is -1.20. The summed E-state index contributed by atoms with van der Waals surface area (Å²) in [4.78, 5) is 22.5. The summed E-state index contributed by atoms with van der Waals surface area (Å²) in [6, 6.07) is 0. The molecule has 0 spiro atoms. The standard InChI is InChI=1S/C12H21NO5/c1-6-17-10(15)8(2)9(14)7-13-11(16)18-12(3,4)5/h9,14H,2,6-7H2,1,3-5H3,(H,13,16). The van der Waals surface area contributed by atoms with Crippen molar-refractivity contribution in [1.29, 1.82) is 0 Å². The molecule has 0 aromatic carbocycles. The summed E-state index contributed by atoms with van der Waals surface area (Å²) in [5.41, 5.74) is -0.722. The first-order valence-corrected chi connectivity index (χ1v) is 5.68. The zero-order valence-electron chi connectivity index (χ0n) is 11.3. The van der Waals surface area contributed by atoms with Gasteiger partial charge in [-0.1, -0.05) is 6.58 Å². The largest absolute Gasteiger partial charge is 0.463 e. The van der Waals surface area contributed by atoms with Crippen molar-refractivity contribution in [3.63, 3.8) is 0 Å². The zero-order chi connectivity index (χ0) is 14.3. The molecule has 1 amide bonds. The Kier molecular flexibility index (Phi) is 6.40. The Labute approximate surface area is 107 Å². The third-order valence-electron chi connectivity index (χ3n) is 1.78. The fourth-order valence-electron chi connectivity index (χ4n) is 0.977. The van der Waals surface area contributed by atoms with Gasteiger partial charge >= 0.3 is 12.1 Å². The van der Waals surface area contributed by atoms with Gasteiger partial charge in [-0.25, -0.2) is 9.59 Å². The first-order chi connectivity index (χ1) is 8.17. The Morgan fingerprint density at radius 3 is 2.39 bits per heavy atom. The van der Waals surface area contributed by atoms with Crippen molar-refractivity contribution in [1.82, 2.24) is 5.32 Å². The molecule has 2 N–H and O–H groups in total. The third kappa shape index (κ3) is 6.90. The molecule has 0 fully saturated rings. The number of hydrogen-bond acceptors (Lipinski definition) is 5. The number of rotatable bonds is 5. The monoisotopic (exact) mass is 259 g/mol. The number of ether oxygens (including phenoxy) is 2. The molecule has 6 heteroatoms. The van der Waals surface area contributed by atoms with E-state index in [1.807, 2.05) is 0 Å². The summed E-state index contributed by atoms with van der Waals surface area (Å²) in [5.74, 6) is -0.684. The maximum absolute atomic E-state index is 11.3. The smallest absolute Gasteiger partial charge is 0.407 e. The maximum Gasteiger partial charge on any atom is 0.407 e. The number of carbonyl (C=O) groups is 2. The van der Waals surface area contributed by atoms with E-state index >= 15 is 0 Å². The lowest BCUT2D eigenvalue weighted by Crippen LogP contribution is -2.38. The van der Waals surface area contributed by atoms with Crippen LogP contribution in [-0.4, -0.2) is 42.0 Å². The Morgan fingerprint density at radius 1 is 1.39 bits per heavy atom. The van der Waals surface area contributed by atoms with Crippen molar-refractivity contribution in [2.45, 2.75) is 39.4 Å². The van der Waals surface area contributed by atoms with Crippen molar-refractivity contribution in [2.24, 2.45) is 0 Å². The highest BCUT2D eigenvalue weighted by molar-refractivity contribution is 5.88. The van der Waals surface area contributed by atoms with Crippen molar-refractivity contribution in [2.75, 3.05) is 13.2 Å². The number of alkyl carbamates (subject to hydrolysis) is 1. The van der Waals surface area contributed by atoms with Gasteiger partial charge in [0.05, 0.1) is 18.7 Å². The average Bonchev–Trinajstić information content (AvgIpc) is 2.22. The molecule has 0 aromatic rings. The molecule has 0 aliphatic heterocycles. The van der Waals surface area contributed by atoms with Crippen LogP contribution >= 0.6 is 0 Å². The molecule has 0 bridgehead atoms. The highest BCUT2D eigenvalue weighted by Gasteiger charge is 2.20. The lowest BCUT2D eigenvalue weighted by Gasteiger charge is -2.20. The van der Waals surface area contributed by atoms with E-state index < -0.39 is 23.8 Å². The number of carbonyl (C=O) groups excluding carboxylic acids is 2. The van der Waals surface area contributed by atoms with E-state index in [0.717, 1.165) is 0 Å². The van der Waals surface area contributed by atoms with Crippen LogP contribution in [0.1, 0.15) is 27.7 Å². The third-order valence-corrected chi connectivity index (χ3v) is 1.78. The molecular weight excluding hydrogens is 238 g/mol. The molecule has 1 unspecified atom stereocenters. The van der Waals surface area contributed by atoms with Gasteiger partial charge in [-0.3, -0.25) is 0 Å². The molecule has 0 aliphatic carbocycles. The van der Waals surface area contributed by atoms with Gasteiger partial charge in [-0.05, 0) is 27.7 Å². The van der Waals surface area contributed by atoms with Crippen LogP contribution in [0, 0.1) is 0 Å². The van der Waals surface area contributed by atoms with Crippen molar-refractivity contribution < 1.29 is 24.2 Å². The van der Waals surface area contributed by atoms with Crippen LogP contribution in [0.15, 0.2) is 12.2 Å². The van der Waals surface area contributed by atoms with Gasteiger partial charge in [0, 0.05) is 0 Å². The molecule has 0 aliphatic rings. The molecule has 0 rings (SSSR count). The van der Waals surface area contributed by atoms with Crippen LogP contribution in [0.25, 0.3) is 0 Å². The van der Waals surface area contributed by atoms with Gasteiger partial charge in [-0.15, -0.1) is 0 Å². The predicted molar refractivity (Wildman–Crippen MR) is 66.0 cm³/mol. The number of aliphatic hydroxyl groups is 1. The summed E-state index contributed by atoms with van der Waals surface area (Å²) in [7, 11) is 0. The Balaban J connectivity index is 4.10. The molecular formula is C12H21NO5. The predicted octanol–water partition coefficient (Wildman–Crippen LogP) is 0.991. The number of hydrogen-bond donors (Lipinski definition) is 2.